The molecule has 0 aromatic carbocycles. The van der Waals surface area contributed by atoms with Crippen molar-refractivity contribution >= 4 is 11.8 Å². The SMILES string of the molecule is CN1C(=O)CC(N(C)C2CC3CCC(C2)N3)C1=O. The minimum absolute atomic E-state index is 0.0339. The summed E-state index contributed by atoms with van der Waals surface area (Å²) in [6.07, 6.45) is 5.08. The molecule has 1 N–H and O–H groups in total. The Morgan fingerprint density at radius 1 is 1.22 bits per heavy atom. The van der Waals surface area contributed by atoms with Crippen LogP contribution in [0.2, 0.25) is 0 Å². The van der Waals surface area contributed by atoms with E-state index in [0.717, 1.165) is 12.8 Å². The minimum atomic E-state index is -0.231. The third-order valence-corrected chi connectivity index (χ3v) is 4.87. The summed E-state index contributed by atoms with van der Waals surface area (Å²) >= 11 is 0. The number of imide groups is 1. The maximum Gasteiger partial charge on any atom is 0.246 e. The van der Waals surface area contributed by atoms with Gasteiger partial charge in [0, 0.05) is 25.2 Å². The zero-order chi connectivity index (χ0) is 12.9. The summed E-state index contributed by atoms with van der Waals surface area (Å²) in [6.45, 7) is 0. The molecule has 5 heteroatoms. The number of rotatable bonds is 2. The van der Waals surface area contributed by atoms with Gasteiger partial charge >= 0.3 is 0 Å². The van der Waals surface area contributed by atoms with Gasteiger partial charge in [0.2, 0.25) is 11.8 Å². The van der Waals surface area contributed by atoms with Crippen LogP contribution in [0.1, 0.15) is 32.1 Å². The second kappa shape index (κ2) is 4.31. The van der Waals surface area contributed by atoms with E-state index in [9.17, 15) is 9.59 Å². The van der Waals surface area contributed by atoms with Crippen LogP contribution in [0, 0.1) is 0 Å². The fourth-order valence-electron chi connectivity index (χ4n) is 3.67. The van der Waals surface area contributed by atoms with E-state index in [1.807, 2.05) is 7.05 Å². The van der Waals surface area contributed by atoms with Crippen LogP contribution in [0.5, 0.6) is 0 Å². The van der Waals surface area contributed by atoms with E-state index in [2.05, 4.69) is 10.2 Å². The number of hydrogen-bond donors (Lipinski definition) is 1. The molecule has 3 heterocycles. The molecule has 3 saturated heterocycles. The number of nitrogens with zero attached hydrogens (tertiary/aromatic N) is 2. The van der Waals surface area contributed by atoms with Crippen LogP contribution >= 0.6 is 0 Å². The van der Waals surface area contributed by atoms with Gasteiger partial charge in [0.15, 0.2) is 0 Å². The van der Waals surface area contributed by atoms with Crippen LogP contribution < -0.4 is 5.32 Å². The van der Waals surface area contributed by atoms with Crippen LogP contribution in [0.3, 0.4) is 0 Å². The van der Waals surface area contributed by atoms with Crippen LogP contribution in [-0.2, 0) is 9.59 Å². The van der Waals surface area contributed by atoms with Crippen molar-refractivity contribution in [1.29, 1.82) is 0 Å². The average molecular weight is 251 g/mol. The molecule has 0 aromatic heterocycles. The highest BCUT2D eigenvalue weighted by molar-refractivity contribution is 6.05. The predicted octanol–water partition coefficient (Wildman–Crippen LogP) is -0.0415. The lowest BCUT2D eigenvalue weighted by atomic mass is 9.97. The molecule has 3 aliphatic rings. The number of nitrogens with one attached hydrogen (secondary N) is 1. The first-order valence-corrected chi connectivity index (χ1v) is 6.84. The lowest BCUT2D eigenvalue weighted by molar-refractivity contribution is -0.138. The van der Waals surface area contributed by atoms with E-state index in [4.69, 9.17) is 0 Å². The van der Waals surface area contributed by atoms with Gasteiger partial charge in [-0.05, 0) is 32.7 Å². The molecule has 0 saturated carbocycles. The highest BCUT2D eigenvalue weighted by Gasteiger charge is 2.43. The Morgan fingerprint density at radius 2 is 1.83 bits per heavy atom. The summed E-state index contributed by atoms with van der Waals surface area (Å²) < 4.78 is 0. The number of hydrogen-bond acceptors (Lipinski definition) is 4. The average Bonchev–Trinajstić information content (AvgIpc) is 2.83. The molecule has 0 aromatic rings. The van der Waals surface area contributed by atoms with E-state index in [0.29, 0.717) is 24.5 Å². The molecule has 18 heavy (non-hydrogen) atoms. The van der Waals surface area contributed by atoms with Gasteiger partial charge in [0.1, 0.15) is 0 Å². The second-order valence-corrected chi connectivity index (χ2v) is 5.94. The molecule has 3 fully saturated rings. The van der Waals surface area contributed by atoms with E-state index in [1.165, 1.54) is 17.7 Å². The molecule has 3 atom stereocenters. The Hall–Kier alpha value is -0.940. The summed E-state index contributed by atoms with van der Waals surface area (Å²) in [5, 5.41) is 3.61. The molecule has 0 aliphatic carbocycles. The summed E-state index contributed by atoms with van der Waals surface area (Å²) in [7, 11) is 3.59. The van der Waals surface area contributed by atoms with Crippen molar-refractivity contribution < 1.29 is 9.59 Å². The summed E-state index contributed by atoms with van der Waals surface area (Å²) in [4.78, 5) is 27.0. The lowest BCUT2D eigenvalue weighted by Crippen LogP contribution is -2.51. The van der Waals surface area contributed by atoms with Crippen molar-refractivity contribution in [3.8, 4) is 0 Å². The summed E-state index contributed by atoms with van der Waals surface area (Å²) in [5.74, 6) is -0.0814. The van der Waals surface area contributed by atoms with Crippen LogP contribution in [0.15, 0.2) is 0 Å². The highest BCUT2D eigenvalue weighted by atomic mass is 16.2. The number of likely N-dealkylation sites (N-methyl/N-ethyl adjacent to an activating group) is 2. The minimum Gasteiger partial charge on any atom is -0.311 e. The van der Waals surface area contributed by atoms with Crippen LogP contribution in [-0.4, -0.2) is 59.9 Å². The molecule has 0 spiro atoms. The molecule has 3 unspecified atom stereocenters. The monoisotopic (exact) mass is 251 g/mol. The van der Waals surface area contributed by atoms with E-state index in [-0.39, 0.29) is 17.9 Å². The van der Waals surface area contributed by atoms with Gasteiger partial charge in [0.05, 0.1) is 12.5 Å². The maximum absolute atomic E-state index is 12.0. The first kappa shape index (κ1) is 12.1. The number of likely N-dealkylation sites (tertiary alicyclic amines) is 1. The van der Waals surface area contributed by atoms with Gasteiger partial charge in [0.25, 0.3) is 0 Å². The Labute approximate surface area is 107 Å². The number of carbonyl (C=O) groups is 2. The topological polar surface area (TPSA) is 52.7 Å². The fourth-order valence-corrected chi connectivity index (χ4v) is 3.67. The van der Waals surface area contributed by atoms with Gasteiger partial charge in [-0.15, -0.1) is 0 Å². The highest BCUT2D eigenvalue weighted by Crippen LogP contribution is 2.31. The molecule has 2 amide bonds. The molecule has 5 nitrogen and oxygen atoms in total. The molecule has 2 bridgehead atoms. The van der Waals surface area contributed by atoms with Crippen molar-refractivity contribution in [2.45, 2.75) is 56.3 Å². The Kier molecular flexibility index (Phi) is 2.90. The van der Waals surface area contributed by atoms with Crippen molar-refractivity contribution in [2.24, 2.45) is 0 Å². The zero-order valence-corrected chi connectivity index (χ0v) is 11.1. The fraction of sp³-hybridized carbons (Fsp3) is 0.846. The van der Waals surface area contributed by atoms with Crippen LogP contribution in [0.4, 0.5) is 0 Å². The zero-order valence-electron chi connectivity index (χ0n) is 11.1. The van der Waals surface area contributed by atoms with Crippen molar-refractivity contribution in [3.05, 3.63) is 0 Å². The third-order valence-electron chi connectivity index (χ3n) is 4.87. The quantitative estimate of drug-likeness (QED) is 0.700. The Morgan fingerprint density at radius 3 is 2.33 bits per heavy atom. The first-order chi connectivity index (χ1) is 8.56. The number of carbonyl (C=O) groups excluding carboxylic acids is 2. The Balaban J connectivity index is 1.69. The molecular weight excluding hydrogens is 230 g/mol. The van der Waals surface area contributed by atoms with E-state index >= 15 is 0 Å². The lowest BCUT2D eigenvalue weighted by Gasteiger charge is -2.37. The number of piperidine rings is 1. The van der Waals surface area contributed by atoms with Crippen molar-refractivity contribution in [3.63, 3.8) is 0 Å². The van der Waals surface area contributed by atoms with Gasteiger partial charge in [-0.3, -0.25) is 19.4 Å². The molecule has 3 aliphatic heterocycles. The Bertz CT molecular complexity index is 372. The smallest absolute Gasteiger partial charge is 0.246 e. The molecule has 100 valence electrons. The standard InChI is InChI=1S/C13H21N3O2/c1-15(11-7-12(17)16(2)13(11)18)10-5-8-3-4-9(6-10)14-8/h8-11,14H,3-7H2,1-2H3. The van der Waals surface area contributed by atoms with E-state index in [1.54, 1.807) is 7.05 Å². The predicted molar refractivity (Wildman–Crippen MR) is 66.9 cm³/mol. The summed E-state index contributed by atoms with van der Waals surface area (Å²) in [5.41, 5.74) is 0. The largest absolute Gasteiger partial charge is 0.311 e. The van der Waals surface area contributed by atoms with Gasteiger partial charge in [-0.2, -0.15) is 0 Å². The molecule has 3 rings (SSSR count). The van der Waals surface area contributed by atoms with Gasteiger partial charge < -0.3 is 5.32 Å². The number of fused-ring (bicyclic) bond motifs is 2. The van der Waals surface area contributed by atoms with Gasteiger partial charge in [-0.25, -0.2) is 0 Å². The van der Waals surface area contributed by atoms with E-state index < -0.39 is 0 Å². The number of amides is 2. The first-order valence-electron chi connectivity index (χ1n) is 6.84. The normalized spacial score (nSPS) is 40.1. The third kappa shape index (κ3) is 1.86. The molecule has 0 radical (unpaired) electrons. The maximum atomic E-state index is 12.0. The molecular formula is C13H21N3O2. The van der Waals surface area contributed by atoms with Crippen molar-refractivity contribution in [2.75, 3.05) is 14.1 Å². The second-order valence-electron chi connectivity index (χ2n) is 5.94. The van der Waals surface area contributed by atoms with Gasteiger partial charge in [-0.1, -0.05) is 0 Å². The van der Waals surface area contributed by atoms with Crippen LogP contribution in [0.25, 0.3) is 0 Å². The van der Waals surface area contributed by atoms with Crippen molar-refractivity contribution in [1.82, 2.24) is 15.1 Å². The summed E-state index contributed by atoms with van der Waals surface area (Å²) in [6, 6.07) is 1.43.